The molecule has 0 fully saturated rings. The van der Waals surface area contributed by atoms with Gasteiger partial charge >= 0.3 is 0 Å². The summed E-state index contributed by atoms with van der Waals surface area (Å²) in [5.41, 5.74) is 6.02. The van der Waals surface area contributed by atoms with Gasteiger partial charge in [-0.1, -0.05) is 38.2 Å². The molecule has 0 aliphatic rings. The largest absolute Gasteiger partial charge is 0.389 e. The van der Waals surface area contributed by atoms with Gasteiger partial charge in [-0.15, -0.1) is 0 Å². The highest BCUT2D eigenvalue weighted by molar-refractivity contribution is 7.89. The maximum atomic E-state index is 12.1. The molecule has 0 unspecified atom stereocenters. The van der Waals surface area contributed by atoms with Gasteiger partial charge in [0.15, 0.2) is 0 Å². The van der Waals surface area contributed by atoms with Crippen LogP contribution in [-0.2, 0) is 14.8 Å². The number of sulfonamides is 1. The molecule has 20 heavy (non-hydrogen) atoms. The number of benzene rings is 1. The molecular formula is C13H20N2O3S2. The van der Waals surface area contributed by atoms with E-state index >= 15 is 0 Å². The lowest BCUT2D eigenvalue weighted by atomic mass is 10.2. The Bertz CT molecular complexity index is 556. The molecule has 0 radical (unpaired) electrons. The number of ether oxygens (including phenoxy) is 1. The lowest BCUT2D eigenvalue weighted by molar-refractivity contribution is 0.114. The number of hydrogen-bond acceptors (Lipinski definition) is 4. The number of nitrogens with one attached hydrogen (secondary N) is 1. The van der Waals surface area contributed by atoms with Gasteiger partial charge in [0.25, 0.3) is 0 Å². The molecule has 0 aliphatic carbocycles. The molecule has 0 spiro atoms. The molecule has 1 aromatic carbocycles. The van der Waals surface area contributed by atoms with Gasteiger partial charge in [0, 0.05) is 18.7 Å². The Kier molecular flexibility index (Phi) is 6.54. The molecule has 0 amide bonds. The molecule has 0 bridgehead atoms. The molecule has 112 valence electrons. The first kappa shape index (κ1) is 17.0. The number of rotatable bonds is 8. The minimum atomic E-state index is -3.56. The number of nitrogens with two attached hydrogens (primary N) is 1. The van der Waals surface area contributed by atoms with Crippen molar-refractivity contribution in [2.75, 3.05) is 19.8 Å². The monoisotopic (exact) mass is 316 g/mol. The normalized spacial score (nSPS) is 11.8. The highest BCUT2D eigenvalue weighted by atomic mass is 32.2. The first-order valence-electron chi connectivity index (χ1n) is 6.30. The van der Waals surface area contributed by atoms with Crippen molar-refractivity contribution in [3.8, 4) is 0 Å². The highest BCUT2D eigenvalue weighted by Gasteiger charge is 2.14. The van der Waals surface area contributed by atoms with Crippen LogP contribution < -0.4 is 10.5 Å². The summed E-state index contributed by atoms with van der Waals surface area (Å²) in [7, 11) is -3.56. The first-order chi connectivity index (χ1) is 9.33. The van der Waals surface area contributed by atoms with Gasteiger partial charge in [0.1, 0.15) is 4.99 Å². The lowest BCUT2D eigenvalue weighted by Crippen LogP contribution is -2.28. The minimum Gasteiger partial charge on any atom is -0.389 e. The van der Waals surface area contributed by atoms with Crippen LogP contribution in [0.25, 0.3) is 0 Å². The second-order valence-corrected chi connectivity index (χ2v) is 6.97. The van der Waals surface area contributed by atoms with E-state index in [2.05, 4.69) is 4.72 Å². The van der Waals surface area contributed by atoms with Gasteiger partial charge in [0.05, 0.1) is 11.5 Å². The van der Waals surface area contributed by atoms with Crippen molar-refractivity contribution >= 4 is 27.2 Å². The van der Waals surface area contributed by atoms with E-state index in [1.807, 2.05) is 13.8 Å². The van der Waals surface area contributed by atoms with Crippen LogP contribution in [0.1, 0.15) is 19.4 Å². The topological polar surface area (TPSA) is 81.4 Å². The van der Waals surface area contributed by atoms with E-state index < -0.39 is 10.0 Å². The molecule has 1 rings (SSSR count). The van der Waals surface area contributed by atoms with Gasteiger partial charge in [-0.05, 0) is 18.1 Å². The van der Waals surface area contributed by atoms with Gasteiger partial charge in [-0.2, -0.15) is 0 Å². The number of thiocarbonyl (C=S) groups is 1. The summed E-state index contributed by atoms with van der Waals surface area (Å²) in [4.78, 5) is 0.314. The van der Waals surface area contributed by atoms with Crippen molar-refractivity contribution in [1.82, 2.24) is 4.72 Å². The van der Waals surface area contributed by atoms with E-state index in [0.29, 0.717) is 24.7 Å². The fourth-order valence-electron chi connectivity index (χ4n) is 1.47. The molecule has 7 heteroatoms. The zero-order valence-corrected chi connectivity index (χ0v) is 13.3. The highest BCUT2D eigenvalue weighted by Crippen LogP contribution is 2.11. The number of hydrogen-bond donors (Lipinski definition) is 2. The standard InChI is InChI=1S/C13H20N2O3S2/c1-10(2)9-18-7-6-15-20(16,17)12-5-3-4-11(8-12)13(14)19/h3-5,8,10,15H,6-7,9H2,1-2H3,(H2,14,19). The lowest BCUT2D eigenvalue weighted by Gasteiger charge is -2.09. The van der Waals surface area contributed by atoms with Crippen LogP contribution in [0.3, 0.4) is 0 Å². The molecule has 0 saturated heterocycles. The average molecular weight is 316 g/mol. The Morgan fingerprint density at radius 3 is 2.75 bits per heavy atom. The van der Waals surface area contributed by atoms with Crippen LogP contribution in [-0.4, -0.2) is 33.2 Å². The second kappa shape index (κ2) is 7.68. The van der Waals surface area contributed by atoms with Crippen LogP contribution in [0.5, 0.6) is 0 Å². The molecule has 0 saturated carbocycles. The summed E-state index contributed by atoms with van der Waals surface area (Å²) in [6.07, 6.45) is 0. The summed E-state index contributed by atoms with van der Waals surface area (Å²) in [5, 5.41) is 0. The zero-order chi connectivity index (χ0) is 15.2. The van der Waals surface area contributed by atoms with Crippen LogP contribution in [0.15, 0.2) is 29.2 Å². The summed E-state index contributed by atoms with van der Waals surface area (Å²) in [6.45, 7) is 5.24. The molecule has 0 aliphatic heterocycles. The molecule has 0 atom stereocenters. The molecular weight excluding hydrogens is 296 g/mol. The van der Waals surface area contributed by atoms with E-state index in [1.54, 1.807) is 12.1 Å². The summed E-state index contributed by atoms with van der Waals surface area (Å²) < 4.78 is 31.9. The van der Waals surface area contributed by atoms with Crippen molar-refractivity contribution < 1.29 is 13.2 Å². The van der Waals surface area contributed by atoms with Crippen molar-refractivity contribution in [3.05, 3.63) is 29.8 Å². The molecule has 0 aromatic heterocycles. The quantitative estimate of drug-likeness (QED) is 0.557. The van der Waals surface area contributed by atoms with E-state index in [9.17, 15) is 8.42 Å². The molecule has 5 nitrogen and oxygen atoms in total. The first-order valence-corrected chi connectivity index (χ1v) is 8.19. The zero-order valence-electron chi connectivity index (χ0n) is 11.6. The average Bonchev–Trinajstić information content (AvgIpc) is 2.38. The Hall–Kier alpha value is -1.02. The summed E-state index contributed by atoms with van der Waals surface area (Å²) in [6, 6.07) is 6.24. The van der Waals surface area contributed by atoms with Crippen LogP contribution in [0.4, 0.5) is 0 Å². The molecule has 3 N–H and O–H groups in total. The smallest absolute Gasteiger partial charge is 0.240 e. The van der Waals surface area contributed by atoms with E-state index in [-0.39, 0.29) is 16.4 Å². The molecule has 0 heterocycles. The second-order valence-electron chi connectivity index (χ2n) is 4.76. The van der Waals surface area contributed by atoms with E-state index in [0.717, 1.165) is 0 Å². The van der Waals surface area contributed by atoms with Gasteiger partial charge in [-0.3, -0.25) is 0 Å². The third-order valence-electron chi connectivity index (χ3n) is 2.42. The Labute approximate surface area is 125 Å². The Balaban J connectivity index is 2.60. The summed E-state index contributed by atoms with van der Waals surface area (Å²) in [5.74, 6) is 0.425. The maximum Gasteiger partial charge on any atom is 0.240 e. The van der Waals surface area contributed by atoms with Crippen molar-refractivity contribution in [3.63, 3.8) is 0 Å². The minimum absolute atomic E-state index is 0.145. The fraction of sp³-hybridized carbons (Fsp3) is 0.462. The maximum absolute atomic E-state index is 12.1. The van der Waals surface area contributed by atoms with Crippen molar-refractivity contribution in [2.45, 2.75) is 18.7 Å². The Morgan fingerprint density at radius 1 is 1.45 bits per heavy atom. The third-order valence-corrected chi connectivity index (χ3v) is 4.11. The fourth-order valence-corrected chi connectivity index (χ4v) is 2.65. The van der Waals surface area contributed by atoms with E-state index in [1.165, 1.54) is 12.1 Å². The predicted molar refractivity (Wildman–Crippen MR) is 83.2 cm³/mol. The van der Waals surface area contributed by atoms with Gasteiger partial charge in [-0.25, -0.2) is 13.1 Å². The molecule has 1 aromatic rings. The predicted octanol–water partition coefficient (Wildman–Crippen LogP) is 1.27. The van der Waals surface area contributed by atoms with E-state index in [4.69, 9.17) is 22.7 Å². The van der Waals surface area contributed by atoms with Crippen LogP contribution in [0.2, 0.25) is 0 Å². The van der Waals surface area contributed by atoms with Gasteiger partial charge in [0.2, 0.25) is 10.0 Å². The third kappa shape index (κ3) is 5.54. The van der Waals surface area contributed by atoms with Crippen LogP contribution >= 0.6 is 12.2 Å². The van der Waals surface area contributed by atoms with Gasteiger partial charge < -0.3 is 10.5 Å². The van der Waals surface area contributed by atoms with Crippen molar-refractivity contribution in [1.29, 1.82) is 0 Å². The Morgan fingerprint density at radius 2 is 2.15 bits per heavy atom. The SMILES string of the molecule is CC(C)COCCNS(=O)(=O)c1cccc(C(N)=S)c1. The van der Waals surface area contributed by atoms with Crippen LogP contribution in [0, 0.1) is 5.92 Å². The van der Waals surface area contributed by atoms with Crippen molar-refractivity contribution in [2.24, 2.45) is 11.7 Å². The summed E-state index contributed by atoms with van der Waals surface area (Å²) >= 11 is 4.83.